The van der Waals surface area contributed by atoms with E-state index in [1.165, 1.54) is 0 Å². The van der Waals surface area contributed by atoms with E-state index in [4.69, 9.17) is 0 Å². The number of piperidine rings is 1. The van der Waals surface area contributed by atoms with Gasteiger partial charge in [-0.05, 0) is 44.9 Å². The molecule has 0 radical (unpaired) electrons. The van der Waals surface area contributed by atoms with Gasteiger partial charge < -0.3 is 15.5 Å². The minimum atomic E-state index is -0.236. The summed E-state index contributed by atoms with van der Waals surface area (Å²) in [4.78, 5) is 35.1. The van der Waals surface area contributed by atoms with Gasteiger partial charge in [-0.15, -0.1) is 0 Å². The number of carbonyl (C=O) groups excluding carboxylic acids is 2. The van der Waals surface area contributed by atoms with Crippen LogP contribution < -0.4 is 15.5 Å². The maximum absolute atomic E-state index is 12.3. The van der Waals surface area contributed by atoms with Crippen LogP contribution in [0.1, 0.15) is 34.3 Å². The molecule has 0 saturated carbocycles. The molecule has 7 nitrogen and oxygen atoms in total. The van der Waals surface area contributed by atoms with Gasteiger partial charge in [0.05, 0.1) is 6.54 Å². The number of amides is 2. The first-order chi connectivity index (χ1) is 13.0. The van der Waals surface area contributed by atoms with Gasteiger partial charge in [-0.2, -0.15) is 0 Å². The standard InChI is InChI=1S/C20H25N5O2/c1-14-9-15(2)11-16(10-14)19(27)23-12-18(26)24-17-5-3-8-25(13-17)20-21-6-4-7-22-20/h4,6-7,9-11,17H,3,5,8,12-13H2,1-2H3,(H,23,27)(H,24,26)/t17-/m1/s1. The second-order valence-corrected chi connectivity index (χ2v) is 6.96. The fourth-order valence-corrected chi connectivity index (χ4v) is 3.38. The van der Waals surface area contributed by atoms with Crippen molar-refractivity contribution in [3.63, 3.8) is 0 Å². The highest BCUT2D eigenvalue weighted by molar-refractivity contribution is 5.96. The maximum atomic E-state index is 12.3. The molecule has 2 heterocycles. The largest absolute Gasteiger partial charge is 0.350 e. The summed E-state index contributed by atoms with van der Waals surface area (Å²) in [5.74, 6) is 0.257. The van der Waals surface area contributed by atoms with E-state index < -0.39 is 0 Å². The van der Waals surface area contributed by atoms with Crippen molar-refractivity contribution < 1.29 is 9.59 Å². The average Bonchev–Trinajstić information content (AvgIpc) is 2.66. The van der Waals surface area contributed by atoms with Gasteiger partial charge in [0, 0.05) is 37.1 Å². The first-order valence-electron chi connectivity index (χ1n) is 9.19. The Morgan fingerprint density at radius 3 is 2.56 bits per heavy atom. The number of nitrogens with one attached hydrogen (secondary N) is 2. The van der Waals surface area contributed by atoms with Crippen molar-refractivity contribution in [1.82, 2.24) is 20.6 Å². The Balaban J connectivity index is 1.49. The third kappa shape index (κ3) is 5.26. The van der Waals surface area contributed by atoms with Gasteiger partial charge in [0.15, 0.2) is 0 Å². The van der Waals surface area contributed by atoms with E-state index in [2.05, 4.69) is 25.5 Å². The van der Waals surface area contributed by atoms with E-state index in [0.29, 0.717) is 18.1 Å². The normalized spacial score (nSPS) is 16.7. The highest BCUT2D eigenvalue weighted by Gasteiger charge is 2.23. The minimum absolute atomic E-state index is 0.0215. The Morgan fingerprint density at radius 2 is 1.85 bits per heavy atom. The lowest BCUT2D eigenvalue weighted by Crippen LogP contribution is -2.50. The van der Waals surface area contributed by atoms with Crippen molar-refractivity contribution in [2.45, 2.75) is 32.7 Å². The predicted molar refractivity (Wildman–Crippen MR) is 104 cm³/mol. The van der Waals surface area contributed by atoms with Crippen LogP contribution in [-0.2, 0) is 4.79 Å². The summed E-state index contributed by atoms with van der Waals surface area (Å²) in [6.45, 7) is 5.40. The van der Waals surface area contributed by atoms with Crippen LogP contribution in [0.5, 0.6) is 0 Å². The van der Waals surface area contributed by atoms with Crippen molar-refractivity contribution in [3.05, 3.63) is 53.3 Å². The minimum Gasteiger partial charge on any atom is -0.350 e. The molecule has 1 aromatic heterocycles. The maximum Gasteiger partial charge on any atom is 0.251 e. The molecule has 1 aliphatic rings. The van der Waals surface area contributed by atoms with Crippen molar-refractivity contribution in [1.29, 1.82) is 0 Å². The van der Waals surface area contributed by atoms with Gasteiger partial charge >= 0.3 is 0 Å². The quantitative estimate of drug-likeness (QED) is 0.838. The molecule has 1 atom stereocenters. The summed E-state index contributed by atoms with van der Waals surface area (Å²) in [6.07, 6.45) is 5.29. The Hall–Kier alpha value is -2.96. The summed E-state index contributed by atoms with van der Waals surface area (Å²) < 4.78 is 0. The molecule has 1 aliphatic heterocycles. The average molecular weight is 367 g/mol. The third-order valence-corrected chi connectivity index (χ3v) is 4.51. The van der Waals surface area contributed by atoms with Crippen LogP contribution in [0.15, 0.2) is 36.7 Å². The fourth-order valence-electron chi connectivity index (χ4n) is 3.38. The van der Waals surface area contributed by atoms with Gasteiger partial charge in [-0.25, -0.2) is 9.97 Å². The highest BCUT2D eigenvalue weighted by atomic mass is 16.2. The zero-order valence-corrected chi connectivity index (χ0v) is 15.7. The molecule has 0 aliphatic carbocycles. The molecule has 0 spiro atoms. The summed E-state index contributed by atoms with van der Waals surface area (Å²) in [7, 11) is 0. The second kappa shape index (κ2) is 8.62. The van der Waals surface area contributed by atoms with Gasteiger partial charge in [-0.1, -0.05) is 17.2 Å². The molecule has 7 heteroatoms. The number of rotatable bonds is 5. The zero-order valence-electron chi connectivity index (χ0n) is 15.7. The monoisotopic (exact) mass is 367 g/mol. The van der Waals surface area contributed by atoms with E-state index in [1.807, 2.05) is 32.0 Å². The Bertz CT molecular complexity index is 789. The number of anilines is 1. The summed E-state index contributed by atoms with van der Waals surface area (Å²) in [5.41, 5.74) is 2.62. The van der Waals surface area contributed by atoms with Crippen LogP contribution in [0.4, 0.5) is 5.95 Å². The Kier molecular flexibility index (Phi) is 6.01. The molecule has 1 fully saturated rings. The molecule has 2 N–H and O–H groups in total. The molecule has 2 aromatic rings. The molecule has 27 heavy (non-hydrogen) atoms. The van der Waals surface area contributed by atoms with Crippen LogP contribution in [-0.4, -0.2) is 47.5 Å². The smallest absolute Gasteiger partial charge is 0.251 e. The highest BCUT2D eigenvalue weighted by Crippen LogP contribution is 2.15. The molecule has 1 aromatic carbocycles. The van der Waals surface area contributed by atoms with Gasteiger partial charge in [0.25, 0.3) is 5.91 Å². The first kappa shape index (κ1) is 18.8. The van der Waals surface area contributed by atoms with Crippen LogP contribution >= 0.6 is 0 Å². The SMILES string of the molecule is Cc1cc(C)cc(C(=O)NCC(=O)N[C@@H]2CCCN(c3ncccn3)C2)c1. The molecule has 0 unspecified atom stereocenters. The van der Waals surface area contributed by atoms with Gasteiger partial charge in [-0.3, -0.25) is 9.59 Å². The summed E-state index contributed by atoms with van der Waals surface area (Å²) >= 11 is 0. The van der Waals surface area contributed by atoms with Crippen molar-refractivity contribution in [3.8, 4) is 0 Å². The second-order valence-electron chi connectivity index (χ2n) is 6.96. The molecular formula is C20H25N5O2. The van der Waals surface area contributed by atoms with Crippen molar-refractivity contribution >= 4 is 17.8 Å². The third-order valence-electron chi connectivity index (χ3n) is 4.51. The van der Waals surface area contributed by atoms with Crippen LogP contribution in [0.25, 0.3) is 0 Å². The van der Waals surface area contributed by atoms with Crippen molar-refractivity contribution in [2.75, 3.05) is 24.5 Å². The van der Waals surface area contributed by atoms with E-state index in [-0.39, 0.29) is 24.4 Å². The molecule has 1 saturated heterocycles. The van der Waals surface area contributed by atoms with E-state index in [9.17, 15) is 9.59 Å². The van der Waals surface area contributed by atoms with Gasteiger partial charge in [0.2, 0.25) is 11.9 Å². The number of benzene rings is 1. The molecular weight excluding hydrogens is 342 g/mol. The lowest BCUT2D eigenvalue weighted by molar-refractivity contribution is -0.120. The number of hydrogen-bond acceptors (Lipinski definition) is 5. The van der Waals surface area contributed by atoms with Crippen molar-refractivity contribution in [2.24, 2.45) is 0 Å². The zero-order chi connectivity index (χ0) is 19.2. The topological polar surface area (TPSA) is 87.2 Å². The number of carbonyl (C=O) groups is 2. The van der Waals surface area contributed by atoms with Crippen LogP contribution in [0.2, 0.25) is 0 Å². The number of aromatic nitrogens is 2. The van der Waals surface area contributed by atoms with Crippen LogP contribution in [0, 0.1) is 13.8 Å². The van der Waals surface area contributed by atoms with Gasteiger partial charge in [0.1, 0.15) is 0 Å². The number of hydrogen-bond donors (Lipinski definition) is 2. The summed E-state index contributed by atoms with van der Waals surface area (Å²) in [5, 5.41) is 5.69. The molecule has 3 rings (SSSR count). The van der Waals surface area contributed by atoms with E-state index >= 15 is 0 Å². The predicted octanol–water partition coefficient (Wildman–Crippen LogP) is 1.61. The van der Waals surface area contributed by atoms with E-state index in [1.54, 1.807) is 18.5 Å². The molecule has 142 valence electrons. The lowest BCUT2D eigenvalue weighted by Gasteiger charge is -2.33. The first-order valence-corrected chi connectivity index (χ1v) is 9.19. The Morgan fingerprint density at radius 1 is 1.15 bits per heavy atom. The number of nitrogens with zero attached hydrogens (tertiary/aromatic N) is 3. The fraction of sp³-hybridized carbons (Fsp3) is 0.400. The number of aryl methyl sites for hydroxylation is 2. The lowest BCUT2D eigenvalue weighted by atomic mass is 10.1. The summed E-state index contributed by atoms with van der Waals surface area (Å²) in [6, 6.07) is 7.45. The Labute approximate surface area is 159 Å². The molecule has 2 amide bonds. The van der Waals surface area contributed by atoms with Crippen LogP contribution in [0.3, 0.4) is 0 Å². The molecule has 0 bridgehead atoms. The van der Waals surface area contributed by atoms with E-state index in [0.717, 1.165) is 30.5 Å².